The first-order valence-corrected chi connectivity index (χ1v) is 11.1. The van der Waals surface area contributed by atoms with Crippen molar-refractivity contribution >= 4 is 0 Å². The third-order valence-electron chi connectivity index (χ3n) is 10.3. The minimum atomic E-state index is -0.0222. The van der Waals surface area contributed by atoms with Gasteiger partial charge in [0.25, 0.3) is 0 Å². The van der Waals surface area contributed by atoms with Gasteiger partial charge in [0, 0.05) is 0 Å². The van der Waals surface area contributed by atoms with Crippen LogP contribution in [-0.4, -0.2) is 23.4 Å². The number of fused-ring (bicyclic) bond motifs is 5. The van der Waals surface area contributed by atoms with Gasteiger partial charge in [0.15, 0.2) is 0 Å². The molecular formula is C23H34O2. The topological polar surface area (TPSA) is 32.8 Å². The van der Waals surface area contributed by atoms with E-state index in [0.29, 0.717) is 23.0 Å². The highest BCUT2D eigenvalue weighted by atomic mass is 16.6. The molecule has 6 rings (SSSR count). The molecular weight excluding hydrogens is 308 g/mol. The molecule has 5 aliphatic carbocycles. The van der Waals surface area contributed by atoms with E-state index in [2.05, 4.69) is 13.5 Å². The predicted molar refractivity (Wildman–Crippen MR) is 98.0 cm³/mol. The molecule has 6 fully saturated rings. The quantitative estimate of drug-likeness (QED) is 0.511. The summed E-state index contributed by atoms with van der Waals surface area (Å²) in [5.74, 6) is 4.34. The van der Waals surface area contributed by atoms with Crippen molar-refractivity contribution in [1.82, 2.24) is 0 Å². The van der Waals surface area contributed by atoms with Gasteiger partial charge < -0.3 is 9.84 Å². The fourth-order valence-corrected chi connectivity index (χ4v) is 9.19. The van der Waals surface area contributed by atoms with Gasteiger partial charge in [0.2, 0.25) is 0 Å². The van der Waals surface area contributed by atoms with Crippen LogP contribution >= 0.6 is 0 Å². The standard InChI is InChI=1S/C23H34O2/c1-13-17-5-6-19-16-4-3-14-11-15(24)7-9-22(14,2)18(16)8-10-23(17,19)12-20-21(13)25-20/h14-21,24H,1,3-12H2,2H3/t14-,15+,16?,17+,18?,19?,20+,21-,22-,23-/m0/s1. The Morgan fingerprint density at radius 3 is 2.80 bits per heavy atom. The van der Waals surface area contributed by atoms with Gasteiger partial charge in [-0.15, -0.1) is 0 Å². The van der Waals surface area contributed by atoms with Crippen LogP contribution in [0.15, 0.2) is 12.2 Å². The zero-order valence-corrected chi connectivity index (χ0v) is 15.8. The molecule has 1 aliphatic heterocycles. The molecule has 5 saturated carbocycles. The van der Waals surface area contributed by atoms with Gasteiger partial charge in [-0.2, -0.15) is 0 Å². The molecule has 1 saturated heterocycles. The lowest BCUT2D eigenvalue weighted by Gasteiger charge is -2.62. The highest BCUT2D eigenvalue weighted by Crippen LogP contribution is 2.72. The van der Waals surface area contributed by atoms with E-state index in [0.717, 1.165) is 42.4 Å². The summed E-state index contributed by atoms with van der Waals surface area (Å²) < 4.78 is 6.00. The third-order valence-corrected chi connectivity index (χ3v) is 10.3. The highest BCUT2D eigenvalue weighted by Gasteiger charge is 2.67. The molecule has 1 heterocycles. The van der Waals surface area contributed by atoms with E-state index in [9.17, 15) is 5.11 Å². The highest BCUT2D eigenvalue weighted by molar-refractivity contribution is 5.29. The van der Waals surface area contributed by atoms with Gasteiger partial charge in [0.05, 0.1) is 12.2 Å². The van der Waals surface area contributed by atoms with Crippen LogP contribution in [0.5, 0.6) is 0 Å². The van der Waals surface area contributed by atoms with Crippen LogP contribution in [-0.2, 0) is 4.74 Å². The molecule has 0 radical (unpaired) electrons. The monoisotopic (exact) mass is 342 g/mol. The molecule has 1 spiro atoms. The Hall–Kier alpha value is -0.340. The number of aliphatic hydroxyl groups is 1. The summed E-state index contributed by atoms with van der Waals surface area (Å²) in [7, 11) is 0. The van der Waals surface area contributed by atoms with Crippen LogP contribution in [0.25, 0.3) is 0 Å². The first kappa shape index (κ1) is 15.7. The van der Waals surface area contributed by atoms with E-state index in [1.807, 2.05) is 0 Å². The first-order chi connectivity index (χ1) is 12.0. The Kier molecular flexibility index (Phi) is 3.09. The molecule has 2 heteroatoms. The van der Waals surface area contributed by atoms with Crippen LogP contribution in [0, 0.1) is 40.4 Å². The second kappa shape index (κ2) is 4.93. The van der Waals surface area contributed by atoms with Gasteiger partial charge in [0.1, 0.15) is 6.10 Å². The summed E-state index contributed by atoms with van der Waals surface area (Å²) in [5.41, 5.74) is 2.53. The fraction of sp³-hybridized carbons (Fsp3) is 0.913. The maximum absolute atomic E-state index is 10.2. The van der Waals surface area contributed by atoms with Gasteiger partial charge in [-0.1, -0.05) is 13.5 Å². The number of rotatable bonds is 0. The van der Waals surface area contributed by atoms with Crippen LogP contribution < -0.4 is 0 Å². The molecule has 0 aromatic carbocycles. The number of epoxide rings is 1. The largest absolute Gasteiger partial charge is 0.393 e. The molecule has 138 valence electrons. The van der Waals surface area contributed by atoms with Gasteiger partial charge in [-0.25, -0.2) is 0 Å². The molecule has 3 unspecified atom stereocenters. The lowest BCUT2D eigenvalue weighted by atomic mass is 9.43. The van der Waals surface area contributed by atoms with E-state index < -0.39 is 0 Å². The zero-order chi connectivity index (χ0) is 17.0. The molecule has 0 bridgehead atoms. The van der Waals surface area contributed by atoms with Gasteiger partial charge in [-0.3, -0.25) is 0 Å². The molecule has 2 nitrogen and oxygen atoms in total. The minimum absolute atomic E-state index is 0.0222. The lowest BCUT2D eigenvalue weighted by molar-refractivity contribution is -0.131. The van der Waals surface area contributed by atoms with Crippen molar-refractivity contribution < 1.29 is 9.84 Å². The Bertz CT molecular complexity index is 613. The average molecular weight is 343 g/mol. The maximum atomic E-state index is 10.2. The molecule has 6 aliphatic rings. The number of ether oxygens (including phenoxy) is 1. The second-order valence-electron chi connectivity index (χ2n) is 10.9. The van der Waals surface area contributed by atoms with E-state index in [1.165, 1.54) is 56.9 Å². The Morgan fingerprint density at radius 1 is 1.04 bits per heavy atom. The van der Waals surface area contributed by atoms with E-state index in [-0.39, 0.29) is 6.10 Å². The van der Waals surface area contributed by atoms with E-state index in [4.69, 9.17) is 4.74 Å². The molecule has 0 aromatic rings. The SMILES string of the molecule is C=C1[C@H]2CCC3C4CC[C@H]5C[C@H](O)CC[C@]5(C)C4CC[C@@]32C[C@H]2O[C@@H]12. The number of hydrogen-bond donors (Lipinski definition) is 1. The number of hydrogen-bond acceptors (Lipinski definition) is 2. The van der Waals surface area contributed by atoms with Gasteiger partial charge in [-0.05, 0) is 110 Å². The summed E-state index contributed by atoms with van der Waals surface area (Å²) >= 11 is 0. The molecule has 1 N–H and O–H groups in total. The minimum Gasteiger partial charge on any atom is -0.393 e. The summed E-state index contributed by atoms with van der Waals surface area (Å²) in [4.78, 5) is 0. The van der Waals surface area contributed by atoms with E-state index >= 15 is 0 Å². The predicted octanol–water partition coefficient (Wildman–Crippen LogP) is 4.71. The number of aliphatic hydroxyl groups excluding tert-OH is 1. The lowest BCUT2D eigenvalue weighted by Crippen LogP contribution is -2.55. The van der Waals surface area contributed by atoms with Crippen LogP contribution in [0.2, 0.25) is 0 Å². The van der Waals surface area contributed by atoms with Crippen LogP contribution in [0.1, 0.15) is 71.1 Å². The fourth-order valence-electron chi connectivity index (χ4n) is 9.19. The van der Waals surface area contributed by atoms with Crippen molar-refractivity contribution in [3.63, 3.8) is 0 Å². The smallest absolute Gasteiger partial charge is 0.105 e. The normalized spacial score (nSPS) is 62.2. The maximum Gasteiger partial charge on any atom is 0.105 e. The Labute approximate surface area is 152 Å². The summed E-state index contributed by atoms with van der Waals surface area (Å²) in [6.45, 7) is 7.11. The summed E-state index contributed by atoms with van der Waals surface area (Å²) in [5, 5.41) is 10.2. The van der Waals surface area contributed by atoms with Crippen LogP contribution in [0.4, 0.5) is 0 Å². The molecule has 25 heavy (non-hydrogen) atoms. The van der Waals surface area contributed by atoms with Crippen molar-refractivity contribution in [3.05, 3.63) is 12.2 Å². The summed E-state index contributed by atoms with van der Waals surface area (Å²) in [6.07, 6.45) is 14.2. The van der Waals surface area contributed by atoms with Crippen LogP contribution in [0.3, 0.4) is 0 Å². The third kappa shape index (κ3) is 1.89. The zero-order valence-electron chi connectivity index (χ0n) is 15.8. The average Bonchev–Trinajstić information content (AvgIpc) is 3.25. The Morgan fingerprint density at radius 2 is 1.92 bits per heavy atom. The van der Waals surface area contributed by atoms with Crippen molar-refractivity contribution in [3.8, 4) is 0 Å². The van der Waals surface area contributed by atoms with Crippen molar-refractivity contribution in [2.45, 2.75) is 89.4 Å². The van der Waals surface area contributed by atoms with Crippen molar-refractivity contribution in [2.24, 2.45) is 40.4 Å². The molecule has 10 atom stereocenters. The van der Waals surface area contributed by atoms with Crippen molar-refractivity contribution in [1.29, 1.82) is 0 Å². The Balaban J connectivity index is 1.33. The second-order valence-corrected chi connectivity index (χ2v) is 10.9. The first-order valence-electron chi connectivity index (χ1n) is 11.1. The van der Waals surface area contributed by atoms with E-state index in [1.54, 1.807) is 0 Å². The van der Waals surface area contributed by atoms with Crippen molar-refractivity contribution in [2.75, 3.05) is 0 Å². The molecule has 0 amide bonds. The molecule has 0 aromatic heterocycles. The van der Waals surface area contributed by atoms with Gasteiger partial charge >= 0.3 is 0 Å². The summed E-state index contributed by atoms with van der Waals surface area (Å²) in [6, 6.07) is 0.